The fraction of sp³-hybridized carbons (Fsp3) is 0.609. The molecule has 2 aromatic heterocycles. The number of nitrogen functional groups attached to an aromatic ring is 1. The third-order valence-corrected chi connectivity index (χ3v) is 6.21. The van der Waals surface area contributed by atoms with E-state index >= 15 is 0 Å². The summed E-state index contributed by atoms with van der Waals surface area (Å²) in [5.74, 6) is 6.04. The van der Waals surface area contributed by atoms with Gasteiger partial charge in [0, 0.05) is 25.6 Å². The van der Waals surface area contributed by atoms with Gasteiger partial charge in [-0.25, -0.2) is 19.7 Å². The molecule has 1 aliphatic carbocycles. The maximum atomic E-state index is 12.4. The number of carbonyl (C=O) groups excluding carboxylic acids is 2. The van der Waals surface area contributed by atoms with Gasteiger partial charge in [0.2, 0.25) is 12.2 Å². The lowest BCUT2D eigenvalue weighted by Gasteiger charge is -2.29. The number of likely N-dealkylation sites (tertiary alicyclic amines) is 1. The summed E-state index contributed by atoms with van der Waals surface area (Å²) in [5.41, 5.74) is 6.45. The van der Waals surface area contributed by atoms with E-state index in [1.165, 1.54) is 24.9 Å². The van der Waals surface area contributed by atoms with Crippen LogP contribution in [-0.4, -0.2) is 85.1 Å². The van der Waals surface area contributed by atoms with Gasteiger partial charge in [-0.1, -0.05) is 5.92 Å². The Balaban J connectivity index is 1.44. The van der Waals surface area contributed by atoms with Crippen LogP contribution < -0.4 is 11.1 Å². The molecular weight excluding hydrogens is 470 g/mol. The van der Waals surface area contributed by atoms with Crippen LogP contribution in [0.2, 0.25) is 0 Å². The van der Waals surface area contributed by atoms with Gasteiger partial charge in [-0.05, 0) is 44.4 Å². The number of nitrogens with one attached hydrogen (secondary N) is 1. The Kier molecular flexibility index (Phi) is 7.88. The van der Waals surface area contributed by atoms with E-state index in [0.717, 1.165) is 25.7 Å². The first-order valence-corrected chi connectivity index (χ1v) is 11.9. The number of methoxy groups -OCH3 is 1. The molecule has 3 atom stereocenters. The molecule has 1 aliphatic heterocycles. The topological polar surface area (TPSA) is 178 Å². The number of nitrogens with two attached hydrogens (primary N) is 1. The third-order valence-electron chi connectivity index (χ3n) is 6.21. The molecule has 2 amide bonds. The summed E-state index contributed by atoms with van der Waals surface area (Å²) in [7, 11) is 1.37. The van der Waals surface area contributed by atoms with Crippen LogP contribution in [0.5, 0.6) is 0 Å². The first kappa shape index (κ1) is 25.6. The molecule has 4 rings (SSSR count). The van der Waals surface area contributed by atoms with Gasteiger partial charge < -0.3 is 35.6 Å². The molecule has 0 unspecified atom stereocenters. The Morgan fingerprint density at radius 3 is 2.61 bits per heavy atom. The fourth-order valence-corrected chi connectivity index (χ4v) is 3.98. The molecule has 2 fully saturated rings. The van der Waals surface area contributed by atoms with Crippen molar-refractivity contribution in [3.8, 4) is 11.8 Å². The Morgan fingerprint density at radius 2 is 1.97 bits per heavy atom. The lowest BCUT2D eigenvalue weighted by atomic mass is 9.94. The summed E-state index contributed by atoms with van der Waals surface area (Å²) in [6.07, 6.45) is 0.840. The largest absolute Gasteiger partial charge is 0.453 e. The minimum absolute atomic E-state index is 0.0719. The predicted octanol–water partition coefficient (Wildman–Crippen LogP) is 0.122. The van der Waals surface area contributed by atoms with E-state index in [2.05, 4.69) is 32.1 Å². The Labute approximate surface area is 208 Å². The van der Waals surface area contributed by atoms with Gasteiger partial charge in [0.1, 0.15) is 11.8 Å². The van der Waals surface area contributed by atoms with E-state index in [1.54, 1.807) is 4.90 Å². The molecular formula is C23H31N7O6. The van der Waals surface area contributed by atoms with Crippen molar-refractivity contribution in [3.05, 3.63) is 12.2 Å². The van der Waals surface area contributed by atoms with Crippen molar-refractivity contribution in [2.75, 3.05) is 25.9 Å². The van der Waals surface area contributed by atoms with Crippen LogP contribution in [0.25, 0.3) is 11.2 Å². The van der Waals surface area contributed by atoms with Crippen molar-refractivity contribution in [1.82, 2.24) is 29.7 Å². The van der Waals surface area contributed by atoms with Crippen molar-refractivity contribution in [1.29, 1.82) is 0 Å². The Morgan fingerprint density at radius 1 is 1.25 bits per heavy atom. The van der Waals surface area contributed by atoms with E-state index in [9.17, 15) is 19.8 Å². The standard InChI is InChI=1S/C23H31N7O6/c1-13(31)18(21(32)26-15-6-7-15)36-23(34)30-12-25-17-19(24)27-16(28-20(17)30)5-3-4-14-8-10-29(11-9-14)22(33)35-2/h12-15,18,23,31,34H,4,6-11H2,1-2H3,(H,26,32)(H2,24,27,28)/t13-,18+,23+/m1/s1. The van der Waals surface area contributed by atoms with E-state index < -0.39 is 24.5 Å². The third kappa shape index (κ3) is 6.01. The van der Waals surface area contributed by atoms with Gasteiger partial charge in [-0.2, -0.15) is 0 Å². The average Bonchev–Trinajstić information content (AvgIpc) is 3.56. The number of aliphatic hydroxyl groups excluding tert-OH is 2. The summed E-state index contributed by atoms with van der Waals surface area (Å²) in [6, 6.07) is 0.0719. The van der Waals surface area contributed by atoms with Crippen LogP contribution in [0.4, 0.5) is 10.6 Å². The van der Waals surface area contributed by atoms with E-state index in [-0.39, 0.29) is 34.9 Å². The monoisotopic (exact) mass is 501 g/mol. The Bertz CT molecular complexity index is 1160. The van der Waals surface area contributed by atoms with Gasteiger partial charge in [0.05, 0.1) is 13.2 Å². The van der Waals surface area contributed by atoms with E-state index in [4.69, 9.17) is 15.2 Å². The first-order chi connectivity index (χ1) is 17.3. The number of carbonyl (C=O) groups is 2. The molecule has 3 heterocycles. The molecule has 0 aromatic carbocycles. The van der Waals surface area contributed by atoms with Crippen molar-refractivity contribution >= 4 is 29.0 Å². The van der Waals surface area contributed by atoms with Gasteiger partial charge in [-0.3, -0.25) is 9.36 Å². The SMILES string of the molecule is COC(=O)N1CCC(CC#Cc2nc(N)c3ncn([C@@H](O)O[C@H](C(=O)NC4CC4)[C@@H](C)O)c3n2)CC1. The molecule has 1 saturated heterocycles. The predicted molar refractivity (Wildman–Crippen MR) is 127 cm³/mol. The average molecular weight is 502 g/mol. The van der Waals surface area contributed by atoms with E-state index in [1.807, 2.05) is 0 Å². The number of rotatable bonds is 7. The van der Waals surface area contributed by atoms with Crippen LogP contribution in [0.15, 0.2) is 6.33 Å². The lowest BCUT2D eigenvalue weighted by molar-refractivity contribution is -0.204. The molecule has 0 bridgehead atoms. The summed E-state index contributed by atoms with van der Waals surface area (Å²) >= 11 is 0. The zero-order valence-electron chi connectivity index (χ0n) is 20.3. The fourth-order valence-electron chi connectivity index (χ4n) is 3.98. The summed E-state index contributed by atoms with van der Waals surface area (Å²) < 4.78 is 11.4. The smallest absolute Gasteiger partial charge is 0.409 e. The molecule has 13 nitrogen and oxygen atoms in total. The van der Waals surface area contributed by atoms with Crippen molar-refractivity contribution < 1.29 is 29.3 Å². The number of imidazole rings is 1. The second-order valence-electron chi connectivity index (χ2n) is 9.07. The zero-order valence-corrected chi connectivity index (χ0v) is 20.3. The molecule has 13 heteroatoms. The van der Waals surface area contributed by atoms with Crippen LogP contribution in [-0.2, 0) is 14.3 Å². The molecule has 36 heavy (non-hydrogen) atoms. The molecule has 1 saturated carbocycles. The van der Waals surface area contributed by atoms with Crippen molar-refractivity contribution in [3.63, 3.8) is 0 Å². The minimum atomic E-state index is -1.66. The highest BCUT2D eigenvalue weighted by atomic mass is 16.6. The number of piperidine rings is 1. The van der Waals surface area contributed by atoms with E-state index in [0.29, 0.717) is 25.4 Å². The number of anilines is 1. The number of hydrogen-bond donors (Lipinski definition) is 4. The number of nitrogens with zero attached hydrogens (tertiary/aromatic N) is 5. The normalized spacial score (nSPS) is 18.7. The summed E-state index contributed by atoms with van der Waals surface area (Å²) in [4.78, 5) is 38.4. The molecule has 0 radical (unpaired) electrons. The number of aliphatic hydroxyl groups is 2. The molecule has 5 N–H and O–H groups in total. The highest BCUT2D eigenvalue weighted by Crippen LogP contribution is 2.23. The van der Waals surface area contributed by atoms with Gasteiger partial charge in [-0.15, -0.1) is 0 Å². The molecule has 0 spiro atoms. The zero-order chi connectivity index (χ0) is 25.8. The maximum Gasteiger partial charge on any atom is 0.409 e. The van der Waals surface area contributed by atoms with Crippen LogP contribution >= 0.6 is 0 Å². The number of amides is 2. The Hall–Kier alpha value is -3.47. The van der Waals surface area contributed by atoms with Crippen molar-refractivity contribution in [2.45, 2.75) is 63.7 Å². The van der Waals surface area contributed by atoms with Crippen LogP contribution in [0, 0.1) is 17.8 Å². The van der Waals surface area contributed by atoms with Gasteiger partial charge in [0.15, 0.2) is 17.6 Å². The summed E-state index contributed by atoms with van der Waals surface area (Å²) in [6.45, 7) is 2.65. The first-order valence-electron chi connectivity index (χ1n) is 11.9. The number of aromatic nitrogens is 4. The quantitative estimate of drug-likeness (QED) is 0.301. The maximum absolute atomic E-state index is 12.4. The second kappa shape index (κ2) is 11.1. The second-order valence-corrected chi connectivity index (χ2v) is 9.07. The lowest BCUT2D eigenvalue weighted by Crippen LogP contribution is -2.45. The van der Waals surface area contributed by atoms with Crippen molar-refractivity contribution in [2.24, 2.45) is 5.92 Å². The van der Waals surface area contributed by atoms with Gasteiger partial charge in [0.25, 0.3) is 5.91 Å². The highest BCUT2D eigenvalue weighted by molar-refractivity contribution is 5.83. The summed E-state index contributed by atoms with van der Waals surface area (Å²) in [5, 5.41) is 23.4. The van der Waals surface area contributed by atoms with Crippen LogP contribution in [0.3, 0.4) is 0 Å². The number of fused-ring (bicyclic) bond motifs is 1. The van der Waals surface area contributed by atoms with Crippen LogP contribution in [0.1, 0.15) is 51.3 Å². The minimum Gasteiger partial charge on any atom is -0.453 e. The van der Waals surface area contributed by atoms with Gasteiger partial charge >= 0.3 is 6.09 Å². The molecule has 2 aliphatic rings. The molecule has 194 valence electrons. The number of ether oxygens (including phenoxy) is 2. The number of hydrogen-bond acceptors (Lipinski definition) is 10. The molecule has 2 aromatic rings. The highest BCUT2D eigenvalue weighted by Gasteiger charge is 2.33.